The quantitative estimate of drug-likeness (QED) is 0.878. The number of benzene rings is 1. The highest BCUT2D eigenvalue weighted by molar-refractivity contribution is 5.28. The van der Waals surface area contributed by atoms with Crippen LogP contribution in [0.15, 0.2) is 48.7 Å². The summed E-state index contributed by atoms with van der Waals surface area (Å²) in [6.45, 7) is 4.11. The Hall–Kier alpha value is -1.95. The molecule has 0 saturated carbocycles. The molecule has 5 nitrogen and oxygen atoms in total. The number of likely N-dealkylation sites (tertiary alicyclic amines) is 1. The predicted molar refractivity (Wildman–Crippen MR) is 91.5 cm³/mol. The van der Waals surface area contributed by atoms with Crippen LogP contribution in [0.25, 0.3) is 0 Å². The molecule has 2 N–H and O–H groups in total. The number of aliphatic hydroxyl groups is 2. The van der Waals surface area contributed by atoms with Crippen molar-refractivity contribution in [1.82, 2.24) is 9.88 Å². The van der Waals surface area contributed by atoms with E-state index in [1.54, 1.807) is 13.1 Å². The lowest BCUT2D eigenvalue weighted by Gasteiger charge is -2.40. The summed E-state index contributed by atoms with van der Waals surface area (Å²) in [6, 6.07) is 13.7. The van der Waals surface area contributed by atoms with Gasteiger partial charge in [0.25, 0.3) is 0 Å². The van der Waals surface area contributed by atoms with E-state index in [-0.39, 0.29) is 0 Å². The first-order chi connectivity index (χ1) is 11.5. The molecule has 0 amide bonds. The highest BCUT2D eigenvalue weighted by Crippen LogP contribution is 2.24. The molecular weight excluding hydrogens is 304 g/mol. The van der Waals surface area contributed by atoms with Crippen LogP contribution in [0.1, 0.15) is 24.6 Å². The van der Waals surface area contributed by atoms with Crippen molar-refractivity contribution in [3.63, 3.8) is 0 Å². The molecule has 0 aliphatic carbocycles. The zero-order valence-corrected chi connectivity index (χ0v) is 13.9. The van der Waals surface area contributed by atoms with Gasteiger partial charge in [0.1, 0.15) is 12.4 Å². The number of aliphatic hydroxyl groups excluding tert-OH is 1. The topological polar surface area (TPSA) is 65.8 Å². The van der Waals surface area contributed by atoms with Crippen LogP contribution in [-0.4, -0.2) is 44.9 Å². The van der Waals surface area contributed by atoms with Crippen LogP contribution in [0, 0.1) is 0 Å². The third-order valence-corrected chi connectivity index (χ3v) is 4.50. The molecule has 1 aromatic heterocycles. The van der Waals surface area contributed by atoms with Gasteiger partial charge in [-0.15, -0.1) is 0 Å². The third-order valence-electron chi connectivity index (χ3n) is 4.50. The number of rotatable bonds is 5. The summed E-state index contributed by atoms with van der Waals surface area (Å²) in [5, 5.41) is 20.1. The number of piperidine rings is 1. The van der Waals surface area contributed by atoms with Gasteiger partial charge in [-0.25, -0.2) is 0 Å². The van der Waals surface area contributed by atoms with E-state index in [2.05, 4.69) is 9.88 Å². The van der Waals surface area contributed by atoms with Crippen LogP contribution in [0.5, 0.6) is 5.75 Å². The molecule has 2 heterocycles. The van der Waals surface area contributed by atoms with Gasteiger partial charge in [0, 0.05) is 25.8 Å². The smallest absolute Gasteiger partial charge is 0.130 e. The summed E-state index contributed by atoms with van der Waals surface area (Å²) < 4.78 is 5.81. The molecule has 1 aliphatic rings. The van der Waals surface area contributed by atoms with Crippen molar-refractivity contribution < 1.29 is 14.9 Å². The second-order valence-corrected chi connectivity index (χ2v) is 6.62. The highest BCUT2D eigenvalue weighted by Gasteiger charge is 2.36. The minimum Gasteiger partial charge on any atom is -0.487 e. The highest BCUT2D eigenvalue weighted by atomic mass is 16.5. The van der Waals surface area contributed by atoms with E-state index in [4.69, 9.17) is 4.74 Å². The first kappa shape index (κ1) is 16.9. The fourth-order valence-electron chi connectivity index (χ4n) is 2.86. The number of ether oxygens (including phenoxy) is 1. The lowest BCUT2D eigenvalue weighted by Crippen LogP contribution is -2.53. The van der Waals surface area contributed by atoms with E-state index >= 15 is 0 Å². The molecule has 1 aliphatic heterocycles. The van der Waals surface area contributed by atoms with Gasteiger partial charge in [-0.05, 0) is 43.2 Å². The lowest BCUT2D eigenvalue weighted by molar-refractivity contribution is -0.108. The van der Waals surface area contributed by atoms with E-state index in [0.29, 0.717) is 19.6 Å². The molecule has 1 fully saturated rings. The normalized spacial score (nSPS) is 24.7. The van der Waals surface area contributed by atoms with Crippen LogP contribution >= 0.6 is 0 Å². The summed E-state index contributed by atoms with van der Waals surface area (Å²) in [4.78, 5) is 6.40. The number of hydrogen-bond acceptors (Lipinski definition) is 5. The lowest BCUT2D eigenvalue weighted by atomic mass is 9.90. The van der Waals surface area contributed by atoms with Gasteiger partial charge in [0.2, 0.25) is 0 Å². The summed E-state index contributed by atoms with van der Waals surface area (Å²) >= 11 is 0. The van der Waals surface area contributed by atoms with Crippen LogP contribution in [-0.2, 0) is 13.2 Å². The maximum Gasteiger partial charge on any atom is 0.130 e. The molecule has 0 bridgehead atoms. The first-order valence-electron chi connectivity index (χ1n) is 8.27. The summed E-state index contributed by atoms with van der Waals surface area (Å²) in [5.41, 5.74) is 1.04. The van der Waals surface area contributed by atoms with Crippen LogP contribution in [0.3, 0.4) is 0 Å². The number of aromatic nitrogens is 1. The molecule has 2 atom stereocenters. The molecule has 0 unspecified atom stereocenters. The number of hydrogen-bond donors (Lipinski definition) is 2. The minimum atomic E-state index is -0.982. The van der Waals surface area contributed by atoms with Crippen molar-refractivity contribution in [1.29, 1.82) is 0 Å². The van der Waals surface area contributed by atoms with E-state index < -0.39 is 11.7 Å². The molecule has 1 saturated heterocycles. The molecule has 1 aromatic carbocycles. The first-order valence-corrected chi connectivity index (χ1v) is 8.27. The zero-order valence-electron chi connectivity index (χ0n) is 13.9. The number of nitrogens with zero attached hydrogens (tertiary/aromatic N) is 2. The Morgan fingerprint density at radius 2 is 2.17 bits per heavy atom. The second-order valence-electron chi connectivity index (χ2n) is 6.62. The summed E-state index contributed by atoms with van der Waals surface area (Å²) in [7, 11) is 0. The van der Waals surface area contributed by atoms with Crippen molar-refractivity contribution in [2.24, 2.45) is 0 Å². The maximum absolute atomic E-state index is 10.0. The monoisotopic (exact) mass is 328 g/mol. The van der Waals surface area contributed by atoms with Gasteiger partial charge < -0.3 is 14.9 Å². The van der Waals surface area contributed by atoms with Crippen LogP contribution in [0.4, 0.5) is 0 Å². The Bertz CT molecular complexity index is 661. The fourth-order valence-corrected chi connectivity index (χ4v) is 2.86. The Kier molecular flexibility index (Phi) is 5.14. The van der Waals surface area contributed by atoms with E-state index in [9.17, 15) is 10.2 Å². The second kappa shape index (κ2) is 7.30. The standard InChI is InChI=1S/C19H24N2O3/c1-19(23)8-10-21(13-18(19)22)12-15-5-4-7-17(11-15)24-14-16-6-2-3-9-20-16/h2-7,9,11,18,22-23H,8,10,12-14H2,1H3/t18-,19-/m1/s1. The molecule has 3 rings (SSSR count). The van der Waals surface area contributed by atoms with Crippen molar-refractivity contribution >= 4 is 0 Å². The van der Waals surface area contributed by atoms with E-state index in [1.165, 1.54) is 0 Å². The van der Waals surface area contributed by atoms with E-state index in [1.807, 2.05) is 42.5 Å². The van der Waals surface area contributed by atoms with Crippen LogP contribution < -0.4 is 4.74 Å². The minimum absolute atomic E-state index is 0.440. The van der Waals surface area contributed by atoms with Gasteiger partial charge in [-0.2, -0.15) is 0 Å². The Morgan fingerprint density at radius 1 is 1.29 bits per heavy atom. The molecule has 0 spiro atoms. The molecule has 5 heteroatoms. The predicted octanol–water partition coefficient (Wildman–Crippen LogP) is 1.98. The maximum atomic E-state index is 10.0. The van der Waals surface area contributed by atoms with Crippen LogP contribution in [0.2, 0.25) is 0 Å². The number of pyridine rings is 1. The Balaban J connectivity index is 1.57. The van der Waals surface area contributed by atoms with Gasteiger partial charge >= 0.3 is 0 Å². The molecule has 0 radical (unpaired) electrons. The number of β-amino-alcohol motifs (C(OH)–C–C–N with tert-alkyl or cyclic N) is 1. The fraction of sp³-hybridized carbons (Fsp3) is 0.421. The van der Waals surface area contributed by atoms with Gasteiger partial charge in [0.15, 0.2) is 0 Å². The van der Waals surface area contributed by atoms with Crippen molar-refractivity contribution in [3.8, 4) is 5.75 Å². The zero-order chi connectivity index (χ0) is 17.0. The summed E-state index contributed by atoms with van der Waals surface area (Å²) in [5.74, 6) is 0.808. The average Bonchev–Trinajstić information content (AvgIpc) is 2.58. The SMILES string of the molecule is C[C@@]1(O)CCN(Cc2cccc(OCc3ccccn3)c2)C[C@H]1O. The average molecular weight is 328 g/mol. The van der Waals surface area contributed by atoms with Crippen molar-refractivity contribution in [2.45, 2.75) is 38.2 Å². The van der Waals surface area contributed by atoms with Crippen molar-refractivity contribution in [2.75, 3.05) is 13.1 Å². The third kappa shape index (κ3) is 4.32. The Morgan fingerprint density at radius 3 is 2.92 bits per heavy atom. The molecule has 128 valence electrons. The molecular formula is C19H24N2O3. The van der Waals surface area contributed by atoms with Gasteiger partial charge in [0.05, 0.1) is 17.4 Å². The van der Waals surface area contributed by atoms with Crippen molar-refractivity contribution in [3.05, 3.63) is 59.9 Å². The largest absolute Gasteiger partial charge is 0.487 e. The van der Waals surface area contributed by atoms with Gasteiger partial charge in [-0.3, -0.25) is 9.88 Å². The molecule has 24 heavy (non-hydrogen) atoms. The summed E-state index contributed by atoms with van der Waals surface area (Å²) in [6.07, 6.45) is 1.62. The Labute approximate surface area is 142 Å². The van der Waals surface area contributed by atoms with E-state index in [0.717, 1.165) is 30.1 Å². The van der Waals surface area contributed by atoms with Gasteiger partial charge in [-0.1, -0.05) is 18.2 Å². The molecule has 2 aromatic rings.